The number of carbonyl (C=O) groups excluding carboxylic acids is 1. The average Bonchev–Trinajstić information content (AvgIpc) is 3.37. The van der Waals surface area contributed by atoms with Crippen LogP contribution in [0, 0.1) is 23.1 Å². The number of halogens is 1. The third kappa shape index (κ3) is 4.79. The van der Waals surface area contributed by atoms with Gasteiger partial charge in [-0.1, -0.05) is 11.3 Å². The van der Waals surface area contributed by atoms with Gasteiger partial charge < -0.3 is 19.4 Å². The summed E-state index contributed by atoms with van der Waals surface area (Å²) in [7, 11) is 1.94. The molecule has 2 saturated heterocycles. The molecule has 5 heterocycles. The number of nitriles is 1. The van der Waals surface area contributed by atoms with Gasteiger partial charge in [-0.25, -0.2) is 19.0 Å². The van der Waals surface area contributed by atoms with Crippen molar-refractivity contribution in [3.05, 3.63) is 47.2 Å². The molecule has 3 fully saturated rings. The second-order valence-corrected chi connectivity index (χ2v) is 11.8. The highest BCUT2D eigenvalue weighted by atomic mass is 32.1. The van der Waals surface area contributed by atoms with Gasteiger partial charge in [0.2, 0.25) is 5.91 Å². The van der Waals surface area contributed by atoms with Crippen LogP contribution < -0.4 is 9.80 Å². The molecule has 7 rings (SSSR count). The molecule has 0 bridgehead atoms. The molecule has 4 aromatic rings. The summed E-state index contributed by atoms with van der Waals surface area (Å²) in [5, 5.41) is 16.3. The van der Waals surface area contributed by atoms with Gasteiger partial charge in [0, 0.05) is 45.4 Å². The fourth-order valence-corrected chi connectivity index (χ4v) is 6.49. The van der Waals surface area contributed by atoms with E-state index in [0.29, 0.717) is 59.3 Å². The lowest BCUT2D eigenvalue weighted by atomic mass is 10.1. The van der Waals surface area contributed by atoms with Crippen LogP contribution in [0.4, 0.5) is 21.0 Å². The maximum absolute atomic E-state index is 13.5. The number of hydrogen-bond acceptors (Lipinski definition) is 9. The Morgan fingerprint density at radius 2 is 1.95 bits per heavy atom. The predicted molar refractivity (Wildman–Crippen MR) is 154 cm³/mol. The molecule has 210 valence electrons. The van der Waals surface area contributed by atoms with Crippen molar-refractivity contribution in [1.29, 1.82) is 5.26 Å². The largest absolute Gasteiger partial charge is 0.381 e. The number of amides is 1. The third-order valence-electron chi connectivity index (χ3n) is 8.08. The van der Waals surface area contributed by atoms with Gasteiger partial charge in [0.25, 0.3) is 0 Å². The number of anilines is 3. The van der Waals surface area contributed by atoms with Crippen LogP contribution in [0.15, 0.2) is 36.5 Å². The SMILES string of the molecule is CN(c1nc(-c2ccc(F)cc2)c(C#N)s1)c1c2cc(N3CCN(C(=O)[C@H]4CCOC4)CC3)cnc2nn1C1CC1. The van der Waals surface area contributed by atoms with Crippen LogP contribution >= 0.6 is 11.3 Å². The number of rotatable bonds is 6. The maximum atomic E-state index is 13.5. The molecule has 1 aromatic carbocycles. The van der Waals surface area contributed by atoms with Crippen molar-refractivity contribution in [3.8, 4) is 17.3 Å². The second-order valence-electron chi connectivity index (χ2n) is 10.8. The number of ether oxygens (including phenoxy) is 1. The van der Waals surface area contributed by atoms with E-state index in [2.05, 4.69) is 17.0 Å². The first kappa shape index (κ1) is 25.9. The number of pyridine rings is 1. The van der Waals surface area contributed by atoms with Crippen LogP contribution in [0.3, 0.4) is 0 Å². The Morgan fingerprint density at radius 1 is 1.17 bits per heavy atom. The number of thiazole rings is 1. The Morgan fingerprint density at radius 3 is 2.63 bits per heavy atom. The summed E-state index contributed by atoms with van der Waals surface area (Å²) in [5.41, 5.74) is 2.88. The summed E-state index contributed by atoms with van der Waals surface area (Å²) >= 11 is 1.30. The van der Waals surface area contributed by atoms with E-state index in [1.54, 1.807) is 12.1 Å². The Kier molecular flexibility index (Phi) is 6.55. The van der Waals surface area contributed by atoms with Crippen molar-refractivity contribution in [1.82, 2.24) is 24.6 Å². The van der Waals surface area contributed by atoms with Gasteiger partial charge in [-0.15, -0.1) is 0 Å². The van der Waals surface area contributed by atoms with Crippen molar-refractivity contribution in [3.63, 3.8) is 0 Å². The highest BCUT2D eigenvalue weighted by molar-refractivity contribution is 7.16. The molecule has 0 N–H and O–H groups in total. The third-order valence-corrected chi connectivity index (χ3v) is 9.12. The maximum Gasteiger partial charge on any atom is 0.228 e. The molecule has 1 amide bonds. The summed E-state index contributed by atoms with van der Waals surface area (Å²) in [4.78, 5) is 29.1. The van der Waals surface area contributed by atoms with Crippen molar-refractivity contribution in [2.75, 3.05) is 56.2 Å². The molecular formula is C29H29FN8O2S. The molecule has 0 unspecified atom stereocenters. The minimum absolute atomic E-state index is 0.0121. The van der Waals surface area contributed by atoms with Gasteiger partial charge >= 0.3 is 0 Å². The van der Waals surface area contributed by atoms with E-state index in [1.165, 1.54) is 23.5 Å². The molecule has 1 atom stereocenters. The molecule has 41 heavy (non-hydrogen) atoms. The van der Waals surface area contributed by atoms with Gasteiger partial charge in [-0.05, 0) is 49.6 Å². The van der Waals surface area contributed by atoms with Crippen LogP contribution in [0.5, 0.6) is 0 Å². The molecule has 2 aliphatic heterocycles. The van der Waals surface area contributed by atoms with Crippen molar-refractivity contribution in [2.24, 2.45) is 5.92 Å². The van der Waals surface area contributed by atoms with E-state index in [9.17, 15) is 14.4 Å². The Labute approximate surface area is 240 Å². The molecule has 10 nitrogen and oxygen atoms in total. The van der Waals surface area contributed by atoms with Gasteiger partial charge in [-0.2, -0.15) is 10.4 Å². The van der Waals surface area contributed by atoms with Crippen molar-refractivity contribution >= 4 is 44.9 Å². The lowest BCUT2D eigenvalue weighted by Gasteiger charge is -2.37. The molecule has 3 aromatic heterocycles. The van der Waals surface area contributed by atoms with E-state index in [1.807, 2.05) is 27.7 Å². The first-order valence-corrected chi connectivity index (χ1v) is 14.7. The average molecular weight is 573 g/mol. The molecule has 0 spiro atoms. The van der Waals surface area contributed by atoms with Crippen LogP contribution in [-0.2, 0) is 9.53 Å². The van der Waals surface area contributed by atoms with Crippen LogP contribution in [0.25, 0.3) is 22.3 Å². The summed E-state index contributed by atoms with van der Waals surface area (Å²) in [6, 6.07) is 10.7. The molecule has 0 radical (unpaired) electrons. The number of fused-ring (bicyclic) bond motifs is 1. The van der Waals surface area contributed by atoms with E-state index in [0.717, 1.165) is 49.2 Å². The zero-order chi connectivity index (χ0) is 28.1. The van der Waals surface area contributed by atoms with E-state index in [4.69, 9.17) is 19.8 Å². The molecule has 3 aliphatic rings. The first-order chi connectivity index (χ1) is 20.0. The lowest BCUT2D eigenvalue weighted by Crippen LogP contribution is -2.50. The minimum atomic E-state index is -0.334. The van der Waals surface area contributed by atoms with Crippen LogP contribution in [0.1, 0.15) is 30.2 Å². The Balaban J connectivity index is 1.19. The number of carbonyl (C=O) groups is 1. The standard InChI is InChI=1S/C29H29FN8O2S/c1-35(29-33-25(24(15-31)41-29)18-2-4-20(30)5-3-18)27-23-14-22(16-32-26(23)34-38(27)21-6-7-21)36-9-11-37(12-10-36)28(39)19-8-13-40-17-19/h2-5,14,16,19,21H,6-13,17H2,1H3/t19-/m0/s1. The van der Waals surface area contributed by atoms with Gasteiger partial charge in [0.05, 0.1) is 35.8 Å². The fraction of sp³-hybridized carbons (Fsp3) is 0.414. The molecule has 1 aliphatic carbocycles. The molecular weight excluding hydrogens is 543 g/mol. The Bertz CT molecular complexity index is 1640. The first-order valence-electron chi connectivity index (χ1n) is 13.9. The smallest absolute Gasteiger partial charge is 0.228 e. The number of aromatic nitrogens is 4. The fourth-order valence-electron chi connectivity index (χ4n) is 5.64. The minimum Gasteiger partial charge on any atom is -0.381 e. The monoisotopic (exact) mass is 572 g/mol. The number of benzene rings is 1. The van der Waals surface area contributed by atoms with Gasteiger partial charge in [-0.3, -0.25) is 4.79 Å². The van der Waals surface area contributed by atoms with Crippen LogP contribution in [-0.4, -0.2) is 77.0 Å². The summed E-state index contributed by atoms with van der Waals surface area (Å²) in [6.07, 6.45) is 4.77. The zero-order valence-electron chi connectivity index (χ0n) is 22.7. The number of hydrogen-bond donors (Lipinski definition) is 0. The summed E-state index contributed by atoms with van der Waals surface area (Å²) in [6.45, 7) is 4.00. The van der Waals surface area contributed by atoms with Gasteiger partial charge in [0.1, 0.15) is 28.3 Å². The highest BCUT2D eigenvalue weighted by Gasteiger charge is 2.33. The number of nitrogens with zero attached hydrogens (tertiary/aromatic N) is 8. The van der Waals surface area contributed by atoms with E-state index < -0.39 is 0 Å². The zero-order valence-corrected chi connectivity index (χ0v) is 23.5. The second kappa shape index (κ2) is 10.4. The normalized spacial score (nSPS) is 19.1. The highest BCUT2D eigenvalue weighted by Crippen LogP contribution is 2.44. The summed E-state index contributed by atoms with van der Waals surface area (Å²) in [5.74, 6) is 0.739. The lowest BCUT2D eigenvalue weighted by molar-refractivity contribution is -0.135. The quantitative estimate of drug-likeness (QED) is 0.336. The molecule has 12 heteroatoms. The predicted octanol–water partition coefficient (Wildman–Crippen LogP) is 4.35. The summed E-state index contributed by atoms with van der Waals surface area (Å²) < 4.78 is 21.0. The molecule has 1 saturated carbocycles. The number of piperazine rings is 1. The van der Waals surface area contributed by atoms with Crippen molar-refractivity contribution < 1.29 is 13.9 Å². The van der Waals surface area contributed by atoms with E-state index >= 15 is 0 Å². The van der Waals surface area contributed by atoms with Crippen LogP contribution in [0.2, 0.25) is 0 Å². The van der Waals surface area contributed by atoms with Crippen molar-refractivity contribution in [2.45, 2.75) is 25.3 Å². The van der Waals surface area contributed by atoms with Gasteiger partial charge in [0.15, 0.2) is 10.8 Å². The topological polar surface area (TPSA) is 103 Å². The van der Waals surface area contributed by atoms with E-state index in [-0.39, 0.29) is 17.6 Å². The Hall–Kier alpha value is -4.08.